The van der Waals surface area contributed by atoms with Crippen LogP contribution in [0.1, 0.15) is 82.6 Å². The number of carbonyl (C=O) groups excluding carboxylic acids is 3. The first-order valence-corrected chi connectivity index (χ1v) is 14.7. The second-order valence-electron chi connectivity index (χ2n) is 11.6. The van der Waals surface area contributed by atoms with Crippen LogP contribution in [0.2, 0.25) is 0 Å². The van der Waals surface area contributed by atoms with Crippen molar-refractivity contribution in [2.75, 3.05) is 27.9 Å². The Morgan fingerprint density at radius 1 is 1.02 bits per heavy atom. The molecule has 1 saturated carbocycles. The highest BCUT2D eigenvalue weighted by Gasteiger charge is 2.27. The molecule has 232 valence electrons. The molecule has 11 heteroatoms. The first kappa shape index (κ1) is 32.8. The molecule has 0 bridgehead atoms. The zero-order valence-corrected chi connectivity index (χ0v) is 25.8. The molecule has 1 aliphatic rings. The van der Waals surface area contributed by atoms with E-state index in [4.69, 9.17) is 24.0 Å². The monoisotopic (exact) mass is 586 g/mol. The van der Waals surface area contributed by atoms with Crippen molar-refractivity contribution in [2.24, 2.45) is 5.92 Å². The van der Waals surface area contributed by atoms with Crippen molar-refractivity contribution in [3.63, 3.8) is 0 Å². The molecule has 11 nitrogen and oxygen atoms in total. The fourth-order valence-corrected chi connectivity index (χ4v) is 5.19. The van der Waals surface area contributed by atoms with E-state index in [-0.39, 0.29) is 5.69 Å². The highest BCUT2D eigenvalue weighted by molar-refractivity contribution is 5.96. The van der Waals surface area contributed by atoms with E-state index in [0.717, 1.165) is 12.8 Å². The van der Waals surface area contributed by atoms with Gasteiger partial charge in [0.1, 0.15) is 23.1 Å². The van der Waals surface area contributed by atoms with E-state index < -0.39 is 29.6 Å². The topological polar surface area (TPSA) is 130 Å². The van der Waals surface area contributed by atoms with Crippen LogP contribution < -0.4 is 20.1 Å². The van der Waals surface area contributed by atoms with Gasteiger partial charge in [0.25, 0.3) is 5.91 Å². The van der Waals surface area contributed by atoms with Gasteiger partial charge in [-0.3, -0.25) is 9.48 Å². The summed E-state index contributed by atoms with van der Waals surface area (Å²) in [6, 6.07) is 6.40. The van der Waals surface area contributed by atoms with Gasteiger partial charge in [-0.05, 0) is 77.0 Å². The van der Waals surface area contributed by atoms with Gasteiger partial charge >= 0.3 is 12.1 Å². The number of benzene rings is 1. The minimum atomic E-state index is -0.864. The molecule has 0 spiro atoms. The Labute approximate surface area is 248 Å². The molecule has 0 radical (unpaired) electrons. The molecular formula is C31H46N4O7. The molecule has 1 aromatic carbocycles. The number of carbonyl (C=O) groups is 3. The maximum atomic E-state index is 13.5. The lowest BCUT2D eigenvalue weighted by Gasteiger charge is -2.23. The molecule has 42 heavy (non-hydrogen) atoms. The van der Waals surface area contributed by atoms with Crippen molar-refractivity contribution in [1.29, 1.82) is 0 Å². The van der Waals surface area contributed by atoms with Crippen LogP contribution in [0.3, 0.4) is 0 Å². The predicted molar refractivity (Wildman–Crippen MR) is 159 cm³/mol. The predicted octanol–water partition coefficient (Wildman–Crippen LogP) is 5.11. The Hall–Kier alpha value is -3.76. The number of nitrogens with zero attached hydrogens (tertiary/aromatic N) is 2. The van der Waals surface area contributed by atoms with Crippen LogP contribution in [-0.2, 0) is 20.8 Å². The van der Waals surface area contributed by atoms with Crippen LogP contribution in [0.25, 0.3) is 11.3 Å². The minimum Gasteiger partial charge on any atom is -0.496 e. The third-order valence-corrected chi connectivity index (χ3v) is 7.23. The third kappa shape index (κ3) is 9.39. The van der Waals surface area contributed by atoms with E-state index >= 15 is 0 Å². The normalized spacial score (nSPS) is 14.5. The van der Waals surface area contributed by atoms with Crippen molar-refractivity contribution in [3.8, 4) is 22.8 Å². The van der Waals surface area contributed by atoms with E-state index in [9.17, 15) is 14.4 Å². The lowest BCUT2D eigenvalue weighted by Crippen LogP contribution is -2.41. The van der Waals surface area contributed by atoms with Gasteiger partial charge in [-0.25, -0.2) is 9.59 Å². The number of unbranched alkanes of at least 4 members (excludes halogenated alkanes) is 1. The molecule has 1 aromatic heterocycles. The maximum Gasteiger partial charge on any atom is 0.407 e. The molecule has 1 fully saturated rings. The number of hydrogen-bond acceptors (Lipinski definition) is 8. The van der Waals surface area contributed by atoms with Crippen molar-refractivity contribution in [1.82, 2.24) is 20.4 Å². The number of alkyl carbamates (subject to hydrolysis) is 1. The summed E-state index contributed by atoms with van der Waals surface area (Å²) < 4.78 is 23.4. The first-order valence-electron chi connectivity index (χ1n) is 14.7. The van der Waals surface area contributed by atoms with Gasteiger partial charge in [-0.15, -0.1) is 0 Å². The van der Waals surface area contributed by atoms with Crippen LogP contribution >= 0.6 is 0 Å². The fourth-order valence-electron chi connectivity index (χ4n) is 5.19. The fraction of sp³-hybridized carbons (Fsp3) is 0.613. The lowest BCUT2D eigenvalue weighted by molar-refractivity contribution is -0.143. The second kappa shape index (κ2) is 15.5. The summed E-state index contributed by atoms with van der Waals surface area (Å²) >= 11 is 0. The highest BCUT2D eigenvalue weighted by Crippen LogP contribution is 2.39. The third-order valence-electron chi connectivity index (χ3n) is 7.23. The summed E-state index contributed by atoms with van der Waals surface area (Å²) in [5.41, 5.74) is 1.04. The zero-order chi connectivity index (χ0) is 30.7. The van der Waals surface area contributed by atoms with Crippen LogP contribution in [0, 0.1) is 5.92 Å². The van der Waals surface area contributed by atoms with Crippen molar-refractivity contribution in [2.45, 2.75) is 90.3 Å². The number of rotatable bonds is 13. The van der Waals surface area contributed by atoms with Gasteiger partial charge in [0.05, 0.1) is 32.6 Å². The van der Waals surface area contributed by atoms with Crippen LogP contribution in [0.4, 0.5) is 4.79 Å². The lowest BCUT2D eigenvalue weighted by atomic mass is 9.89. The van der Waals surface area contributed by atoms with Crippen LogP contribution in [-0.4, -0.2) is 67.3 Å². The summed E-state index contributed by atoms with van der Waals surface area (Å²) in [6.45, 7) is 6.43. The SMILES string of the molecule is COC(=O)[C@H](CCCCNC(=O)OC(C)(C)C)NC(=O)c1cc(-c2c(OC)cccc2OC)n(CC2CCCCC2)n1. The Morgan fingerprint density at radius 3 is 2.29 bits per heavy atom. The smallest absolute Gasteiger partial charge is 0.407 e. The number of methoxy groups -OCH3 is 3. The van der Waals surface area contributed by atoms with Crippen molar-refractivity contribution in [3.05, 3.63) is 30.0 Å². The van der Waals surface area contributed by atoms with Crippen LogP contribution in [0.5, 0.6) is 11.5 Å². The van der Waals surface area contributed by atoms with Gasteiger partial charge < -0.3 is 29.6 Å². The molecule has 1 heterocycles. The summed E-state index contributed by atoms with van der Waals surface area (Å²) in [5.74, 6) is 0.648. The molecule has 3 rings (SSSR count). The molecule has 0 unspecified atom stereocenters. The molecule has 1 aliphatic carbocycles. The number of esters is 1. The number of amides is 2. The summed E-state index contributed by atoms with van der Waals surface area (Å²) in [7, 11) is 4.48. The molecule has 2 N–H and O–H groups in total. The molecule has 1 atom stereocenters. The Kier molecular flexibility index (Phi) is 12.1. The van der Waals surface area contributed by atoms with Gasteiger partial charge in [0.15, 0.2) is 5.69 Å². The standard InChI is InChI=1S/C31H46N4O7/c1-31(2,3)42-30(38)32-18-11-10-15-22(29(37)41-6)33-28(36)23-19-24(27-25(39-4)16-12-17-26(27)40-5)35(34-23)20-21-13-8-7-9-14-21/h12,16-17,19,21-22H,7-11,13-15,18,20H2,1-6H3,(H,32,38)(H,33,36)/t22-/m0/s1. The number of aromatic nitrogens is 2. The number of ether oxygens (including phenoxy) is 4. The van der Waals surface area contributed by atoms with Gasteiger partial charge in [-0.1, -0.05) is 25.3 Å². The first-order chi connectivity index (χ1) is 20.1. The van der Waals surface area contributed by atoms with E-state index in [1.807, 2.05) is 22.9 Å². The molecule has 0 aliphatic heterocycles. The average Bonchev–Trinajstić information content (AvgIpc) is 3.38. The summed E-state index contributed by atoms with van der Waals surface area (Å²) in [4.78, 5) is 37.9. The Bertz CT molecular complexity index is 1180. The van der Waals surface area contributed by atoms with Gasteiger partial charge in [0, 0.05) is 13.1 Å². The number of hydrogen-bond donors (Lipinski definition) is 2. The van der Waals surface area contributed by atoms with Crippen molar-refractivity contribution >= 4 is 18.0 Å². The molecule has 2 aromatic rings. The van der Waals surface area contributed by atoms with Crippen LogP contribution in [0.15, 0.2) is 24.3 Å². The van der Waals surface area contributed by atoms with E-state index in [1.54, 1.807) is 41.1 Å². The maximum absolute atomic E-state index is 13.5. The van der Waals surface area contributed by atoms with Gasteiger partial charge in [0.2, 0.25) is 0 Å². The molecular weight excluding hydrogens is 540 g/mol. The highest BCUT2D eigenvalue weighted by atomic mass is 16.6. The Morgan fingerprint density at radius 2 is 1.69 bits per heavy atom. The second-order valence-corrected chi connectivity index (χ2v) is 11.6. The number of nitrogens with one attached hydrogen (secondary N) is 2. The molecule has 0 saturated heterocycles. The Balaban J connectivity index is 1.76. The van der Waals surface area contributed by atoms with Gasteiger partial charge in [-0.2, -0.15) is 5.10 Å². The largest absolute Gasteiger partial charge is 0.496 e. The molecule has 2 amide bonds. The minimum absolute atomic E-state index is 0.189. The zero-order valence-electron chi connectivity index (χ0n) is 25.8. The summed E-state index contributed by atoms with van der Waals surface area (Å²) in [6.07, 6.45) is 6.82. The van der Waals surface area contributed by atoms with Crippen molar-refractivity contribution < 1.29 is 33.3 Å². The average molecular weight is 587 g/mol. The quantitative estimate of drug-likeness (QED) is 0.245. The van der Waals surface area contributed by atoms with E-state index in [2.05, 4.69) is 10.6 Å². The van der Waals surface area contributed by atoms with E-state index in [1.165, 1.54) is 26.4 Å². The summed E-state index contributed by atoms with van der Waals surface area (Å²) in [5, 5.41) is 10.2. The van der Waals surface area contributed by atoms with E-state index in [0.29, 0.717) is 61.0 Å².